The molecule has 0 unspecified atom stereocenters. The highest BCUT2D eigenvalue weighted by atomic mass is 35.5. The van der Waals surface area contributed by atoms with Gasteiger partial charge in [-0.05, 0) is 37.2 Å². The van der Waals surface area contributed by atoms with E-state index in [1.165, 1.54) is 0 Å². The highest BCUT2D eigenvalue weighted by Crippen LogP contribution is 2.36. The van der Waals surface area contributed by atoms with E-state index >= 15 is 0 Å². The van der Waals surface area contributed by atoms with Gasteiger partial charge in [0.25, 0.3) is 0 Å². The van der Waals surface area contributed by atoms with Crippen molar-refractivity contribution >= 4 is 138 Å². The molecule has 0 saturated heterocycles. The number of unbranched alkanes of at least 4 members (excludes halogenated alkanes) is 6. The topological polar surface area (TPSA) is 86.3 Å². The number of nitro groups is 2. The van der Waals surface area contributed by atoms with Gasteiger partial charge in [-0.15, -0.1) is 23.5 Å². The highest BCUT2D eigenvalue weighted by molar-refractivity contribution is 8.76. The summed E-state index contributed by atoms with van der Waals surface area (Å²) in [6.07, 6.45) is 8.05. The minimum atomic E-state index is -0.697. The normalized spacial score (nSPS) is 12.5. The first-order chi connectivity index (χ1) is 17.9. The third-order valence-corrected chi connectivity index (χ3v) is 11.6. The molecule has 0 spiro atoms. The van der Waals surface area contributed by atoms with E-state index < -0.39 is 30.2 Å². The fraction of sp³-hybridized carbons (Fsp3) is 0.600. The molecule has 218 valence electrons. The van der Waals surface area contributed by atoms with Gasteiger partial charge in [-0.2, -0.15) is 0 Å². The lowest BCUT2D eigenvalue weighted by Crippen LogP contribution is -2.01. The van der Waals surface area contributed by atoms with E-state index in [1.54, 1.807) is 0 Å². The van der Waals surface area contributed by atoms with Crippen LogP contribution in [0.25, 0.3) is 0 Å². The summed E-state index contributed by atoms with van der Waals surface area (Å²) in [7, 11) is 3.70. The molecule has 0 bridgehead atoms. The largest absolute Gasteiger partial charge is 0.315 e. The molecule has 0 aromatic rings. The second-order valence-electron chi connectivity index (χ2n) is 7.08. The van der Waals surface area contributed by atoms with Crippen LogP contribution in [-0.2, 0) is 0 Å². The maximum absolute atomic E-state index is 11.1. The Kier molecular flexibility index (Phi) is 24.9. The molecule has 0 radical (unpaired) electrons. The van der Waals surface area contributed by atoms with Crippen LogP contribution in [0.5, 0.6) is 0 Å². The molecule has 0 atom stereocenters. The maximum Gasteiger partial charge on any atom is 0.315 e. The summed E-state index contributed by atoms with van der Waals surface area (Å²) < 4.78 is -0.873. The van der Waals surface area contributed by atoms with Crippen molar-refractivity contribution in [3.05, 3.63) is 59.4 Å². The third kappa shape index (κ3) is 18.1. The van der Waals surface area contributed by atoms with Crippen molar-refractivity contribution in [2.75, 3.05) is 23.0 Å². The Balaban J connectivity index is 3.85. The molecule has 0 amide bonds. The average Bonchev–Trinajstić information content (AvgIpc) is 2.83. The van der Waals surface area contributed by atoms with E-state index in [0.29, 0.717) is 11.5 Å². The van der Waals surface area contributed by atoms with Gasteiger partial charge in [-0.3, -0.25) is 20.2 Å². The van der Waals surface area contributed by atoms with Crippen molar-refractivity contribution in [3.63, 3.8) is 0 Å². The van der Waals surface area contributed by atoms with Crippen molar-refractivity contribution in [2.24, 2.45) is 0 Å². The summed E-state index contributed by atoms with van der Waals surface area (Å²) in [5, 5.41) is 21.5. The van der Waals surface area contributed by atoms with E-state index in [9.17, 15) is 20.2 Å². The van der Waals surface area contributed by atoms with Gasteiger partial charge in [0.05, 0.1) is 9.85 Å². The molecular formula is C20H24Cl8N2O4S4. The zero-order valence-corrected chi connectivity index (χ0v) is 29.0. The zero-order chi connectivity index (χ0) is 29.1. The summed E-state index contributed by atoms with van der Waals surface area (Å²) in [4.78, 5) is 20.8. The number of hydrogen-bond donors (Lipinski definition) is 0. The summed E-state index contributed by atoms with van der Waals surface area (Å²) in [6, 6.07) is 0. The summed E-state index contributed by atoms with van der Waals surface area (Å²) in [5.74, 6) is 3.38. The van der Waals surface area contributed by atoms with Crippen molar-refractivity contribution in [1.29, 1.82) is 0 Å². The number of hydrogen-bond acceptors (Lipinski definition) is 8. The van der Waals surface area contributed by atoms with Gasteiger partial charge < -0.3 is 0 Å². The van der Waals surface area contributed by atoms with E-state index in [0.717, 1.165) is 86.4 Å². The molecule has 0 heterocycles. The molecule has 6 nitrogen and oxygen atoms in total. The molecule has 0 aliphatic heterocycles. The summed E-state index contributed by atoms with van der Waals surface area (Å²) in [5.41, 5.74) is -0.962. The van der Waals surface area contributed by atoms with Crippen molar-refractivity contribution in [2.45, 2.75) is 51.4 Å². The van der Waals surface area contributed by atoms with Crippen LogP contribution < -0.4 is 0 Å². The first kappa shape index (κ1) is 39.5. The van der Waals surface area contributed by atoms with Gasteiger partial charge in [-0.1, -0.05) is 140 Å². The zero-order valence-electron chi connectivity index (χ0n) is 19.7. The SMILES string of the molecule is O=[N+]([O-])/C(C(Cl)=C(Cl)Cl)=C(/Cl)SCCCCCCSSCCCCCCS/C(Cl)=C(/C(Cl)=C(Cl)Cl)[N+](=O)[O-]. The van der Waals surface area contributed by atoms with E-state index in [1.807, 2.05) is 21.6 Å². The molecular weight excluding hydrogens is 744 g/mol. The number of halogens is 8. The fourth-order valence-corrected chi connectivity index (χ4v) is 8.13. The van der Waals surface area contributed by atoms with Crippen LogP contribution in [0.1, 0.15) is 51.4 Å². The van der Waals surface area contributed by atoms with Gasteiger partial charge in [0.1, 0.15) is 8.98 Å². The fourth-order valence-electron chi connectivity index (χ4n) is 2.47. The van der Waals surface area contributed by atoms with Crippen LogP contribution >= 0.6 is 138 Å². The minimum Gasteiger partial charge on any atom is -0.258 e. The van der Waals surface area contributed by atoms with Crippen molar-refractivity contribution in [3.8, 4) is 0 Å². The minimum absolute atomic E-state index is 0.0379. The van der Waals surface area contributed by atoms with Crippen LogP contribution in [0.15, 0.2) is 39.2 Å². The highest BCUT2D eigenvalue weighted by Gasteiger charge is 2.25. The van der Waals surface area contributed by atoms with Gasteiger partial charge in [0.15, 0.2) is 18.8 Å². The second kappa shape index (κ2) is 24.0. The van der Waals surface area contributed by atoms with Crippen molar-refractivity contribution < 1.29 is 9.85 Å². The molecule has 18 heteroatoms. The molecule has 38 heavy (non-hydrogen) atoms. The van der Waals surface area contributed by atoms with E-state index in [4.69, 9.17) is 92.8 Å². The first-order valence-electron chi connectivity index (χ1n) is 10.9. The quantitative estimate of drug-likeness (QED) is 0.0375. The summed E-state index contributed by atoms with van der Waals surface area (Å²) in [6.45, 7) is 0. The Hall–Kier alpha value is 1.48. The number of allylic oxidation sites excluding steroid dienone is 2. The Bertz CT molecular complexity index is 839. The lowest BCUT2D eigenvalue weighted by Gasteiger charge is -2.04. The predicted octanol–water partition coefficient (Wildman–Crippen LogP) is 12.1. The van der Waals surface area contributed by atoms with E-state index in [2.05, 4.69) is 0 Å². The van der Waals surface area contributed by atoms with Crippen LogP contribution in [0.2, 0.25) is 0 Å². The predicted molar refractivity (Wildman–Crippen MR) is 176 cm³/mol. The lowest BCUT2D eigenvalue weighted by atomic mass is 10.2. The second-order valence-corrected chi connectivity index (χ2v) is 15.8. The number of rotatable bonds is 21. The molecule has 0 aromatic heterocycles. The Morgan fingerprint density at radius 3 is 1.05 bits per heavy atom. The van der Waals surface area contributed by atoms with Gasteiger partial charge in [-0.25, -0.2) is 0 Å². The molecule has 0 saturated carbocycles. The Morgan fingerprint density at radius 1 is 0.500 bits per heavy atom. The van der Waals surface area contributed by atoms with Crippen LogP contribution in [-0.4, -0.2) is 32.9 Å². The van der Waals surface area contributed by atoms with Crippen molar-refractivity contribution in [1.82, 2.24) is 0 Å². The van der Waals surface area contributed by atoms with Crippen LogP contribution in [0, 0.1) is 20.2 Å². The van der Waals surface area contributed by atoms with E-state index in [-0.39, 0.29) is 18.8 Å². The smallest absolute Gasteiger partial charge is 0.258 e. The average molecular weight is 768 g/mol. The number of nitrogens with zero attached hydrogens (tertiary/aromatic N) is 2. The molecule has 0 aliphatic carbocycles. The standard InChI is InChI=1S/C20H24Cl8N2O4S4/c21-13(17(23)24)15(29(31)32)19(27)35-9-5-1-3-7-11-37-38-12-8-4-2-6-10-36-20(28)16(30(33)34)14(22)18(25)26/h1-12H2/b19-15-,20-16-. The molecule has 0 aliphatic rings. The summed E-state index contributed by atoms with van der Waals surface area (Å²) >= 11 is 47.9. The third-order valence-electron chi connectivity index (χ3n) is 4.27. The van der Waals surface area contributed by atoms with Crippen LogP contribution in [0.4, 0.5) is 0 Å². The van der Waals surface area contributed by atoms with Gasteiger partial charge in [0, 0.05) is 11.5 Å². The monoisotopic (exact) mass is 764 g/mol. The first-order valence-corrected chi connectivity index (χ1v) is 18.4. The molecule has 0 N–H and O–H groups in total. The Labute approximate surface area is 279 Å². The number of thioether (sulfide) groups is 2. The molecule has 0 fully saturated rings. The Morgan fingerprint density at radius 2 is 0.789 bits per heavy atom. The molecule has 0 rings (SSSR count). The molecule has 0 aromatic carbocycles. The maximum atomic E-state index is 11.1. The van der Waals surface area contributed by atoms with Gasteiger partial charge in [0.2, 0.25) is 0 Å². The van der Waals surface area contributed by atoms with Crippen LogP contribution in [0.3, 0.4) is 0 Å². The lowest BCUT2D eigenvalue weighted by molar-refractivity contribution is -0.419. The van der Waals surface area contributed by atoms with Gasteiger partial charge >= 0.3 is 11.4 Å².